The van der Waals surface area contributed by atoms with Crippen LogP contribution in [0.5, 0.6) is 0 Å². The first-order valence-corrected chi connectivity index (χ1v) is 5.80. The van der Waals surface area contributed by atoms with Gasteiger partial charge in [0.25, 0.3) is 0 Å². The van der Waals surface area contributed by atoms with Gasteiger partial charge in [-0.05, 0) is 24.3 Å². The average Bonchev–Trinajstić information content (AvgIpc) is 2.84. The number of hydrogen-bond donors (Lipinski definition) is 1. The average molecular weight is 245 g/mol. The molecule has 0 aliphatic carbocycles. The van der Waals surface area contributed by atoms with E-state index in [1.165, 1.54) is 7.11 Å². The molecule has 0 saturated heterocycles. The summed E-state index contributed by atoms with van der Waals surface area (Å²) in [5, 5.41) is 0.992. The van der Waals surface area contributed by atoms with E-state index in [9.17, 15) is 9.59 Å². The van der Waals surface area contributed by atoms with E-state index in [1.807, 2.05) is 24.4 Å². The third-order valence-corrected chi connectivity index (χ3v) is 2.97. The molecule has 0 radical (unpaired) electrons. The van der Waals surface area contributed by atoms with Crippen molar-refractivity contribution < 1.29 is 14.3 Å². The van der Waals surface area contributed by atoms with Crippen LogP contribution in [0, 0.1) is 5.92 Å². The summed E-state index contributed by atoms with van der Waals surface area (Å²) in [7, 11) is 1.33. The predicted octanol–water partition coefficient (Wildman–Crippen LogP) is 2.55. The SMILES string of the molecule is COC(=O)C(C)CC(=O)c1ccc2[nH]ccc2c1. The topological polar surface area (TPSA) is 59.2 Å². The van der Waals surface area contributed by atoms with E-state index >= 15 is 0 Å². The van der Waals surface area contributed by atoms with E-state index in [4.69, 9.17) is 0 Å². The second-order valence-corrected chi connectivity index (χ2v) is 4.33. The second kappa shape index (κ2) is 5.04. The summed E-state index contributed by atoms with van der Waals surface area (Å²) in [4.78, 5) is 26.4. The summed E-state index contributed by atoms with van der Waals surface area (Å²) in [5.74, 6) is -0.813. The Morgan fingerprint density at radius 2 is 2.11 bits per heavy atom. The van der Waals surface area contributed by atoms with Crippen molar-refractivity contribution in [2.75, 3.05) is 7.11 Å². The summed E-state index contributed by atoms with van der Waals surface area (Å²) in [6.45, 7) is 1.69. The van der Waals surface area contributed by atoms with Crippen LogP contribution in [-0.2, 0) is 9.53 Å². The van der Waals surface area contributed by atoms with Crippen LogP contribution in [0.1, 0.15) is 23.7 Å². The summed E-state index contributed by atoms with van der Waals surface area (Å²) >= 11 is 0. The Kier molecular flexibility index (Phi) is 3.46. The Bertz CT molecular complexity index is 585. The summed E-state index contributed by atoms with van der Waals surface area (Å²) in [6, 6.07) is 7.38. The minimum atomic E-state index is -0.413. The molecule has 4 nitrogen and oxygen atoms in total. The molecule has 94 valence electrons. The molecule has 1 atom stereocenters. The fraction of sp³-hybridized carbons (Fsp3) is 0.286. The molecule has 1 aromatic heterocycles. The monoisotopic (exact) mass is 245 g/mol. The molecular weight excluding hydrogens is 230 g/mol. The molecule has 0 aliphatic heterocycles. The molecule has 0 aliphatic rings. The number of nitrogens with one attached hydrogen (secondary N) is 1. The van der Waals surface area contributed by atoms with Crippen molar-refractivity contribution in [1.29, 1.82) is 0 Å². The van der Waals surface area contributed by atoms with E-state index in [0.717, 1.165) is 10.9 Å². The molecule has 2 rings (SSSR count). The first-order valence-electron chi connectivity index (χ1n) is 5.80. The van der Waals surface area contributed by atoms with E-state index in [1.54, 1.807) is 13.0 Å². The van der Waals surface area contributed by atoms with Crippen LogP contribution in [0.25, 0.3) is 10.9 Å². The molecule has 1 heterocycles. The highest BCUT2D eigenvalue weighted by atomic mass is 16.5. The maximum Gasteiger partial charge on any atom is 0.308 e. The van der Waals surface area contributed by atoms with Crippen molar-refractivity contribution >= 4 is 22.7 Å². The summed E-state index contributed by atoms with van der Waals surface area (Å²) in [6.07, 6.45) is 2.00. The van der Waals surface area contributed by atoms with Crippen molar-refractivity contribution in [3.63, 3.8) is 0 Å². The van der Waals surface area contributed by atoms with E-state index in [0.29, 0.717) is 5.56 Å². The van der Waals surface area contributed by atoms with Gasteiger partial charge in [0.05, 0.1) is 13.0 Å². The molecule has 0 spiro atoms. The molecule has 0 fully saturated rings. The molecule has 4 heteroatoms. The normalized spacial score (nSPS) is 12.3. The largest absolute Gasteiger partial charge is 0.469 e. The number of fused-ring (bicyclic) bond motifs is 1. The highest BCUT2D eigenvalue weighted by Crippen LogP contribution is 2.17. The number of H-pyrrole nitrogens is 1. The fourth-order valence-electron chi connectivity index (χ4n) is 1.91. The minimum Gasteiger partial charge on any atom is -0.469 e. The highest BCUT2D eigenvalue weighted by Gasteiger charge is 2.18. The van der Waals surface area contributed by atoms with Gasteiger partial charge in [-0.2, -0.15) is 0 Å². The number of rotatable bonds is 4. The quantitative estimate of drug-likeness (QED) is 0.665. The molecule has 2 aromatic rings. The zero-order valence-electron chi connectivity index (χ0n) is 10.4. The highest BCUT2D eigenvalue weighted by molar-refractivity contribution is 6.00. The lowest BCUT2D eigenvalue weighted by Crippen LogP contribution is -2.16. The summed E-state index contributed by atoms with van der Waals surface area (Å²) < 4.78 is 4.61. The van der Waals surface area contributed by atoms with Crippen LogP contribution in [0.15, 0.2) is 30.5 Å². The van der Waals surface area contributed by atoms with Gasteiger partial charge >= 0.3 is 5.97 Å². The molecule has 18 heavy (non-hydrogen) atoms. The van der Waals surface area contributed by atoms with Crippen molar-refractivity contribution in [1.82, 2.24) is 4.98 Å². The van der Waals surface area contributed by atoms with E-state index in [-0.39, 0.29) is 18.2 Å². The van der Waals surface area contributed by atoms with Gasteiger partial charge in [-0.3, -0.25) is 9.59 Å². The number of aromatic amines is 1. The number of aromatic nitrogens is 1. The Hall–Kier alpha value is -2.10. The van der Waals surface area contributed by atoms with Crippen LogP contribution in [0.2, 0.25) is 0 Å². The number of benzene rings is 1. The van der Waals surface area contributed by atoms with Crippen LogP contribution in [0.3, 0.4) is 0 Å². The number of methoxy groups -OCH3 is 1. The Morgan fingerprint density at radius 1 is 1.33 bits per heavy atom. The number of Topliss-reactive ketones (excluding diaryl/α,β-unsaturated/α-hetero) is 1. The maximum absolute atomic E-state index is 12.0. The zero-order valence-corrected chi connectivity index (χ0v) is 10.4. The van der Waals surface area contributed by atoms with Crippen LogP contribution >= 0.6 is 0 Å². The Morgan fingerprint density at radius 3 is 2.83 bits per heavy atom. The van der Waals surface area contributed by atoms with E-state index < -0.39 is 5.92 Å². The molecule has 0 amide bonds. The molecule has 1 N–H and O–H groups in total. The lowest BCUT2D eigenvalue weighted by molar-refractivity contribution is -0.144. The maximum atomic E-state index is 12.0. The van der Waals surface area contributed by atoms with Gasteiger partial charge in [0, 0.05) is 29.1 Å². The predicted molar refractivity (Wildman–Crippen MR) is 68.4 cm³/mol. The number of carbonyl (C=O) groups is 2. The van der Waals surface area contributed by atoms with Crippen molar-refractivity contribution in [2.45, 2.75) is 13.3 Å². The number of esters is 1. The molecular formula is C14H15NO3. The third kappa shape index (κ3) is 2.42. The van der Waals surface area contributed by atoms with Crippen molar-refractivity contribution in [2.24, 2.45) is 5.92 Å². The second-order valence-electron chi connectivity index (χ2n) is 4.33. The van der Waals surface area contributed by atoms with Gasteiger partial charge < -0.3 is 9.72 Å². The van der Waals surface area contributed by atoms with Gasteiger partial charge in [-0.1, -0.05) is 6.92 Å². The molecule has 1 unspecified atom stereocenters. The molecule has 1 aromatic carbocycles. The van der Waals surface area contributed by atoms with Gasteiger partial charge in [-0.15, -0.1) is 0 Å². The Balaban J connectivity index is 2.15. The Labute approximate surface area is 105 Å². The smallest absolute Gasteiger partial charge is 0.308 e. The standard InChI is InChI=1S/C14H15NO3/c1-9(14(17)18-2)7-13(16)11-3-4-12-10(8-11)5-6-15-12/h3-6,8-9,15H,7H2,1-2H3. The molecule has 0 saturated carbocycles. The van der Waals surface area contributed by atoms with Gasteiger partial charge in [-0.25, -0.2) is 0 Å². The van der Waals surface area contributed by atoms with E-state index in [2.05, 4.69) is 9.72 Å². The lowest BCUT2D eigenvalue weighted by Gasteiger charge is -2.08. The fourth-order valence-corrected chi connectivity index (χ4v) is 1.91. The summed E-state index contributed by atoms with van der Waals surface area (Å²) in [5.41, 5.74) is 1.62. The van der Waals surface area contributed by atoms with Crippen LogP contribution in [0.4, 0.5) is 0 Å². The first-order chi connectivity index (χ1) is 8.61. The lowest BCUT2D eigenvalue weighted by atomic mass is 9.99. The minimum absolute atomic E-state index is 0.0454. The number of carbonyl (C=O) groups excluding carboxylic acids is 2. The first kappa shape index (κ1) is 12.4. The van der Waals surface area contributed by atoms with Gasteiger partial charge in [0.15, 0.2) is 5.78 Å². The number of ketones is 1. The zero-order chi connectivity index (χ0) is 13.1. The molecule has 0 bridgehead atoms. The number of ether oxygens (including phenoxy) is 1. The number of hydrogen-bond acceptors (Lipinski definition) is 3. The van der Waals surface area contributed by atoms with Crippen LogP contribution < -0.4 is 0 Å². The van der Waals surface area contributed by atoms with Crippen LogP contribution in [-0.4, -0.2) is 23.8 Å². The van der Waals surface area contributed by atoms with Gasteiger partial charge in [0.2, 0.25) is 0 Å². The van der Waals surface area contributed by atoms with Crippen molar-refractivity contribution in [3.05, 3.63) is 36.0 Å². The third-order valence-electron chi connectivity index (χ3n) is 2.97. The van der Waals surface area contributed by atoms with Gasteiger partial charge in [0.1, 0.15) is 0 Å². The van der Waals surface area contributed by atoms with Crippen molar-refractivity contribution in [3.8, 4) is 0 Å².